The average Bonchev–Trinajstić information content (AvgIpc) is 3.02. The number of carbonyl (C=O) groups is 1. The molecule has 1 heterocycles. The molecular formula is C13H17ClN2O2. The number of ether oxygens (including phenoxy) is 1. The van der Waals surface area contributed by atoms with E-state index in [0.717, 1.165) is 12.8 Å². The number of aromatic nitrogens is 1. The number of halogens is 1. The van der Waals surface area contributed by atoms with Crippen molar-refractivity contribution < 1.29 is 9.53 Å². The van der Waals surface area contributed by atoms with E-state index in [1.807, 2.05) is 20.8 Å². The van der Waals surface area contributed by atoms with Gasteiger partial charge in [0.25, 0.3) is 0 Å². The predicted molar refractivity (Wildman–Crippen MR) is 71.1 cm³/mol. The average molecular weight is 269 g/mol. The molecule has 5 heteroatoms. The van der Waals surface area contributed by atoms with Gasteiger partial charge in [-0.3, -0.25) is 0 Å². The predicted octanol–water partition coefficient (Wildman–Crippen LogP) is 3.26. The first-order valence-corrected chi connectivity index (χ1v) is 6.38. The molecular weight excluding hydrogens is 252 g/mol. The standard InChI is InChI=1S/C13H17ClN2O2/c1-13(2,3)18-12(17)9-6-11(15-7-10(9)14)16-8-4-5-8/h6-8H,4-5H2,1-3H3,(H,15,16). The number of pyridine rings is 1. The van der Waals surface area contributed by atoms with Crippen LogP contribution in [0.2, 0.25) is 5.02 Å². The van der Waals surface area contributed by atoms with Crippen LogP contribution in [-0.4, -0.2) is 22.6 Å². The summed E-state index contributed by atoms with van der Waals surface area (Å²) in [5, 5.41) is 3.53. The van der Waals surface area contributed by atoms with Crippen LogP contribution in [0.5, 0.6) is 0 Å². The van der Waals surface area contributed by atoms with Crippen molar-refractivity contribution in [2.45, 2.75) is 45.3 Å². The molecule has 1 N–H and O–H groups in total. The van der Waals surface area contributed by atoms with E-state index >= 15 is 0 Å². The summed E-state index contributed by atoms with van der Waals surface area (Å²) in [6.45, 7) is 5.47. The number of rotatable bonds is 3. The summed E-state index contributed by atoms with van der Waals surface area (Å²) in [4.78, 5) is 16.1. The molecule has 1 fully saturated rings. The fraction of sp³-hybridized carbons (Fsp3) is 0.538. The van der Waals surface area contributed by atoms with E-state index in [0.29, 0.717) is 22.4 Å². The van der Waals surface area contributed by atoms with Crippen LogP contribution in [0, 0.1) is 0 Å². The van der Waals surface area contributed by atoms with Gasteiger partial charge in [-0.25, -0.2) is 9.78 Å². The first-order valence-electron chi connectivity index (χ1n) is 6.00. The fourth-order valence-electron chi connectivity index (χ4n) is 1.44. The van der Waals surface area contributed by atoms with E-state index in [4.69, 9.17) is 16.3 Å². The molecule has 0 atom stereocenters. The molecule has 98 valence electrons. The lowest BCUT2D eigenvalue weighted by Crippen LogP contribution is -2.24. The van der Waals surface area contributed by atoms with Crippen LogP contribution in [0.15, 0.2) is 12.3 Å². The topological polar surface area (TPSA) is 51.2 Å². The molecule has 0 saturated heterocycles. The minimum atomic E-state index is -0.534. The molecule has 0 bridgehead atoms. The second-order valence-corrected chi connectivity index (χ2v) is 5.88. The Labute approximate surface area is 112 Å². The third kappa shape index (κ3) is 3.60. The van der Waals surface area contributed by atoms with Gasteiger partial charge in [0.2, 0.25) is 0 Å². The van der Waals surface area contributed by atoms with E-state index < -0.39 is 11.6 Å². The Bertz CT molecular complexity index is 465. The van der Waals surface area contributed by atoms with Crippen LogP contribution in [0.3, 0.4) is 0 Å². The molecule has 0 amide bonds. The molecule has 2 rings (SSSR count). The minimum Gasteiger partial charge on any atom is -0.456 e. The lowest BCUT2D eigenvalue weighted by molar-refractivity contribution is 0.00697. The number of nitrogens with one attached hydrogen (secondary N) is 1. The van der Waals surface area contributed by atoms with E-state index in [1.165, 1.54) is 6.20 Å². The Kier molecular flexibility index (Phi) is 3.48. The zero-order valence-electron chi connectivity index (χ0n) is 10.8. The molecule has 0 radical (unpaired) electrons. The molecule has 18 heavy (non-hydrogen) atoms. The summed E-state index contributed by atoms with van der Waals surface area (Å²) >= 11 is 5.98. The monoisotopic (exact) mass is 268 g/mol. The van der Waals surface area contributed by atoms with Crippen LogP contribution in [0.4, 0.5) is 5.82 Å². The molecule has 0 spiro atoms. The maximum Gasteiger partial charge on any atom is 0.340 e. The third-order valence-corrected chi connectivity index (χ3v) is 2.70. The highest BCUT2D eigenvalue weighted by Crippen LogP contribution is 2.26. The van der Waals surface area contributed by atoms with Crippen molar-refractivity contribution in [3.05, 3.63) is 22.8 Å². The van der Waals surface area contributed by atoms with E-state index in [-0.39, 0.29) is 0 Å². The molecule has 1 aromatic rings. The van der Waals surface area contributed by atoms with Gasteiger partial charge in [-0.15, -0.1) is 0 Å². The maximum atomic E-state index is 12.0. The summed E-state index contributed by atoms with van der Waals surface area (Å²) in [5.74, 6) is 0.247. The molecule has 1 aromatic heterocycles. The molecule has 0 unspecified atom stereocenters. The highest BCUT2D eigenvalue weighted by molar-refractivity contribution is 6.33. The van der Waals surface area contributed by atoms with Crippen molar-refractivity contribution in [2.75, 3.05) is 5.32 Å². The highest BCUT2D eigenvalue weighted by atomic mass is 35.5. The molecule has 1 saturated carbocycles. The summed E-state index contributed by atoms with van der Waals surface area (Å²) in [7, 11) is 0. The Morgan fingerprint density at radius 3 is 2.72 bits per heavy atom. The van der Waals surface area contributed by atoms with Crippen LogP contribution < -0.4 is 5.32 Å². The van der Waals surface area contributed by atoms with Gasteiger partial charge in [0, 0.05) is 12.2 Å². The largest absolute Gasteiger partial charge is 0.456 e. The van der Waals surface area contributed by atoms with Crippen LogP contribution >= 0.6 is 11.6 Å². The fourth-order valence-corrected chi connectivity index (χ4v) is 1.62. The van der Waals surface area contributed by atoms with Crippen LogP contribution in [0.1, 0.15) is 44.0 Å². The van der Waals surface area contributed by atoms with Gasteiger partial charge in [-0.1, -0.05) is 11.6 Å². The smallest absolute Gasteiger partial charge is 0.340 e. The number of hydrogen-bond acceptors (Lipinski definition) is 4. The second kappa shape index (κ2) is 4.76. The number of nitrogens with zero attached hydrogens (tertiary/aromatic N) is 1. The molecule has 1 aliphatic rings. The van der Waals surface area contributed by atoms with Crippen molar-refractivity contribution in [1.82, 2.24) is 4.98 Å². The van der Waals surface area contributed by atoms with Crippen molar-refractivity contribution in [3.63, 3.8) is 0 Å². The summed E-state index contributed by atoms with van der Waals surface area (Å²) in [6.07, 6.45) is 3.77. The Morgan fingerprint density at radius 1 is 1.50 bits per heavy atom. The summed E-state index contributed by atoms with van der Waals surface area (Å²) in [5.41, 5.74) is -0.182. The second-order valence-electron chi connectivity index (χ2n) is 5.47. The molecule has 4 nitrogen and oxygen atoms in total. The normalized spacial score (nSPS) is 15.3. The first kappa shape index (κ1) is 13.1. The summed E-state index contributed by atoms with van der Waals surface area (Å²) in [6, 6.07) is 2.12. The van der Waals surface area contributed by atoms with E-state index in [2.05, 4.69) is 10.3 Å². The first-order chi connectivity index (χ1) is 8.35. The van der Waals surface area contributed by atoms with Crippen LogP contribution in [-0.2, 0) is 4.74 Å². The quantitative estimate of drug-likeness (QED) is 0.855. The lowest BCUT2D eigenvalue weighted by Gasteiger charge is -2.20. The van der Waals surface area contributed by atoms with Gasteiger partial charge in [0.1, 0.15) is 11.4 Å². The lowest BCUT2D eigenvalue weighted by atomic mass is 10.2. The number of hydrogen-bond donors (Lipinski definition) is 1. The third-order valence-electron chi connectivity index (χ3n) is 2.40. The number of carbonyl (C=O) groups excluding carboxylic acids is 1. The van der Waals surface area contributed by atoms with Crippen LogP contribution in [0.25, 0.3) is 0 Å². The van der Waals surface area contributed by atoms with Gasteiger partial charge in [-0.2, -0.15) is 0 Å². The van der Waals surface area contributed by atoms with Gasteiger partial charge in [0.15, 0.2) is 0 Å². The zero-order valence-corrected chi connectivity index (χ0v) is 11.5. The molecule has 0 aliphatic heterocycles. The zero-order chi connectivity index (χ0) is 13.3. The Hall–Kier alpha value is -1.29. The van der Waals surface area contributed by atoms with Crippen molar-refractivity contribution in [1.29, 1.82) is 0 Å². The highest BCUT2D eigenvalue weighted by Gasteiger charge is 2.24. The maximum absolute atomic E-state index is 12.0. The number of anilines is 1. The SMILES string of the molecule is CC(C)(C)OC(=O)c1cc(NC2CC2)ncc1Cl. The summed E-state index contributed by atoms with van der Waals surface area (Å²) < 4.78 is 5.30. The van der Waals surface area contributed by atoms with Gasteiger partial charge < -0.3 is 10.1 Å². The van der Waals surface area contributed by atoms with E-state index in [1.54, 1.807) is 6.07 Å². The minimum absolute atomic E-state index is 0.311. The van der Waals surface area contributed by atoms with Gasteiger partial charge >= 0.3 is 5.97 Å². The van der Waals surface area contributed by atoms with E-state index in [9.17, 15) is 4.79 Å². The van der Waals surface area contributed by atoms with Gasteiger partial charge in [0.05, 0.1) is 10.6 Å². The van der Waals surface area contributed by atoms with Crippen molar-refractivity contribution in [3.8, 4) is 0 Å². The Balaban J connectivity index is 2.16. The number of esters is 1. The van der Waals surface area contributed by atoms with Crippen molar-refractivity contribution in [2.24, 2.45) is 0 Å². The molecule has 1 aliphatic carbocycles. The Morgan fingerprint density at radius 2 is 2.17 bits per heavy atom. The molecule has 0 aromatic carbocycles. The van der Waals surface area contributed by atoms with Crippen molar-refractivity contribution >= 4 is 23.4 Å². The van der Waals surface area contributed by atoms with Gasteiger partial charge in [-0.05, 0) is 39.7 Å².